The van der Waals surface area contributed by atoms with Gasteiger partial charge in [-0.3, -0.25) is 4.18 Å². The molecule has 1 aromatic carbocycles. The summed E-state index contributed by atoms with van der Waals surface area (Å²) in [4.78, 5) is 24.1. The van der Waals surface area contributed by atoms with Crippen LogP contribution in [-0.2, 0) is 71.3 Å². The van der Waals surface area contributed by atoms with Crippen LogP contribution in [0.5, 0.6) is 0 Å². The molecule has 6 aliphatic rings. The molecule has 6 aliphatic heterocycles. The molecule has 0 aromatic heterocycles. The topological polar surface area (TPSA) is 210 Å². The largest absolute Gasteiger partial charge is 0.455 e. The van der Waals surface area contributed by atoms with Gasteiger partial charge in [-0.15, -0.1) is 0 Å². The van der Waals surface area contributed by atoms with Gasteiger partial charge < -0.3 is 57.6 Å². The summed E-state index contributed by atoms with van der Waals surface area (Å²) < 4.78 is 105. The van der Waals surface area contributed by atoms with Crippen LogP contribution in [0.3, 0.4) is 0 Å². The van der Waals surface area contributed by atoms with Crippen LogP contribution < -0.4 is 0 Å². The molecule has 0 spiro atoms. The predicted molar refractivity (Wildman–Crippen MR) is 409 cm³/mol. The van der Waals surface area contributed by atoms with Gasteiger partial charge in [-0.2, -0.15) is 8.42 Å². The minimum absolute atomic E-state index is 0.0775. The number of methoxy groups -OCH3 is 2. The number of hydrogen-bond acceptors (Lipinski definition) is 17. The van der Waals surface area contributed by atoms with E-state index >= 15 is 0 Å². The van der Waals surface area contributed by atoms with E-state index in [4.69, 9.17) is 51.6 Å². The second kappa shape index (κ2) is 53.1. The van der Waals surface area contributed by atoms with E-state index in [2.05, 4.69) is 13.8 Å². The van der Waals surface area contributed by atoms with Crippen molar-refractivity contribution in [1.29, 1.82) is 0 Å². The second-order valence-corrected chi connectivity index (χ2v) is 33.2. The van der Waals surface area contributed by atoms with E-state index in [-0.39, 0.29) is 116 Å². The molecule has 4 fully saturated rings. The van der Waals surface area contributed by atoms with E-state index in [1.54, 1.807) is 64.5 Å². The summed E-state index contributed by atoms with van der Waals surface area (Å²) in [7, 11) is -0.618. The zero-order valence-corrected chi connectivity index (χ0v) is 66.7. The van der Waals surface area contributed by atoms with Crippen molar-refractivity contribution in [1.82, 2.24) is 0 Å². The van der Waals surface area contributed by atoms with Crippen molar-refractivity contribution in [2.75, 3.05) is 27.8 Å². The summed E-state index contributed by atoms with van der Waals surface area (Å²) in [6.45, 7) is 10.6. The Kier molecular flexibility index (Phi) is 45.9. The monoisotopic (exact) mass is 1490 g/mol. The molecule has 7 rings (SSSR count). The number of carbonyl (C=O) groups is 2. The molecule has 6 heterocycles. The first kappa shape index (κ1) is 90.0. The number of aryl methyl sites for hydroxylation is 1. The summed E-state index contributed by atoms with van der Waals surface area (Å²) in [5, 5.41) is 21.1. The Morgan fingerprint density at radius 2 is 0.769 bits per heavy atom. The average Bonchev–Trinajstić information content (AvgIpc) is 1.48. The third-order valence-corrected chi connectivity index (χ3v) is 23.6. The number of aliphatic hydroxyl groups is 2. The van der Waals surface area contributed by atoms with Crippen molar-refractivity contribution in [2.24, 2.45) is 0 Å². The molecule has 0 amide bonds. The Morgan fingerprint density at radius 1 is 0.442 bits per heavy atom. The van der Waals surface area contributed by atoms with Gasteiger partial charge in [-0.05, 0) is 161 Å². The van der Waals surface area contributed by atoms with Crippen LogP contribution in [0, 0.1) is 6.92 Å². The van der Waals surface area contributed by atoms with Gasteiger partial charge in [0, 0.05) is 38.2 Å². The smallest absolute Gasteiger partial charge is 0.334 e. The van der Waals surface area contributed by atoms with Gasteiger partial charge in [0.1, 0.15) is 32.0 Å². The first-order valence-electron chi connectivity index (χ1n) is 42.1. The van der Waals surface area contributed by atoms with Gasteiger partial charge >= 0.3 is 11.9 Å². The molecule has 19 heteroatoms. The number of carbonyl (C=O) groups excluding carboxylic acids is 2. The minimum Gasteiger partial charge on any atom is -0.455 e. The lowest BCUT2D eigenvalue weighted by atomic mass is 10.00. The highest BCUT2D eigenvalue weighted by atomic mass is 32.2. The lowest BCUT2D eigenvalue weighted by molar-refractivity contribution is -0.140. The predicted octanol–water partition coefficient (Wildman–Crippen LogP) is 19.7. The fourth-order valence-electron chi connectivity index (χ4n) is 16.2. The zero-order chi connectivity index (χ0) is 74.6. The van der Waals surface area contributed by atoms with E-state index in [0.717, 1.165) is 185 Å². The molecule has 600 valence electrons. The number of esters is 2. The number of ether oxygens (including phenoxy) is 10. The zero-order valence-electron chi connectivity index (χ0n) is 65.9. The van der Waals surface area contributed by atoms with E-state index in [1.807, 2.05) is 6.92 Å². The highest BCUT2D eigenvalue weighted by molar-refractivity contribution is 7.86. The molecular weight excluding hydrogens is 1340 g/mol. The SMILES string of the molecule is CCCCCCCCCC[C@@H](O)C[C@H]1CC[C@H]([C@H]2CC[C@H](C[C@H](O)CCCCCCCC[C@H]([18F])CC3=C[C@@H](C)OC3=O)O2)O1.CCCCCCCCCC[C@H](C[C@H]1CC[C@H]([C@H]2CC[C@H](C[C@@H](CCCCCCCC[C@@H](CC3=C[C@@H](C)OC3=O)OS(=O)(=O)c3ccc(C)cc3)OCOC)O2)O1)OCOC. The standard InChI is InChI=1S/C48H80O11S.C37H65FO6/c1-6-7-8-9-10-11-14-17-20-40(54-35-52-4)33-42-25-29-46(57-42)47-30-26-43(58-47)34-41(55-36-53-5)21-18-15-12-13-16-19-22-44(32-39-31-38(3)56-48(39)49)59-60(50,51)45-27-23-37(2)24-28-45;1-3-4-5-6-7-8-12-15-18-31(39)26-33-20-22-35(43-33)36-23-21-34(44-36)27-32(40)19-16-13-10-9-11-14-17-30(38)25-29-24-28(2)42-37(29)41/h23-24,27-28,31,38,40-44,46-47H,6-22,25-26,29-30,32-36H2,1-5H3;24,28,30-36,39-40H,3-23,25-27H2,1-2H3/t38-,40-,41-,42-,43-,44+,46-,47-;28-,30+,31-,32-,33-,34-,35-,36-/m11/s1/i;38-1. The Labute approximate surface area is 629 Å². The van der Waals surface area contributed by atoms with E-state index in [0.29, 0.717) is 37.2 Å². The molecule has 0 saturated carbocycles. The third-order valence-electron chi connectivity index (χ3n) is 22.2. The maximum absolute atomic E-state index is 14.2. The minimum atomic E-state index is -3.97. The molecule has 1 aromatic rings. The molecule has 2 N–H and O–H groups in total. The molecule has 104 heavy (non-hydrogen) atoms. The first-order valence-corrected chi connectivity index (χ1v) is 43.5. The number of unbranched alkanes of at least 4 members (excludes halogenated alkanes) is 24. The number of alkyl halides is 1. The van der Waals surface area contributed by atoms with Crippen LogP contribution in [0.1, 0.15) is 341 Å². The van der Waals surface area contributed by atoms with Gasteiger partial charge in [-0.25, -0.2) is 14.0 Å². The Balaban J connectivity index is 0.000000342. The van der Waals surface area contributed by atoms with Crippen LogP contribution in [0.4, 0.5) is 4.39 Å². The van der Waals surface area contributed by atoms with Crippen molar-refractivity contribution in [3.05, 3.63) is 53.1 Å². The number of halogens is 1. The van der Waals surface area contributed by atoms with Crippen LogP contribution in [0.15, 0.2) is 52.5 Å². The lowest BCUT2D eigenvalue weighted by Crippen LogP contribution is -2.29. The lowest BCUT2D eigenvalue weighted by Gasteiger charge is -2.25. The fraction of sp³-hybridized carbons (Fsp3) is 0.859. The fourth-order valence-corrected chi connectivity index (χ4v) is 17.3. The van der Waals surface area contributed by atoms with Crippen LogP contribution in [0.25, 0.3) is 0 Å². The molecule has 0 radical (unpaired) electrons. The maximum Gasteiger partial charge on any atom is 0.334 e. The molecule has 16 atom stereocenters. The van der Waals surface area contributed by atoms with Crippen molar-refractivity contribution < 1.29 is 84.2 Å². The summed E-state index contributed by atoms with van der Waals surface area (Å²) in [5.41, 5.74) is 1.93. The van der Waals surface area contributed by atoms with Gasteiger partial charge in [0.25, 0.3) is 10.1 Å². The highest BCUT2D eigenvalue weighted by Crippen LogP contribution is 2.38. The van der Waals surface area contributed by atoms with E-state index in [1.165, 1.54) is 96.3 Å². The van der Waals surface area contributed by atoms with Gasteiger partial charge in [0.05, 0.1) is 84.2 Å². The number of hydrogen-bond donors (Lipinski definition) is 2. The van der Waals surface area contributed by atoms with Crippen LogP contribution in [-0.4, -0.2) is 156 Å². The summed E-state index contributed by atoms with van der Waals surface area (Å²) in [6.07, 6.45) is 51.6. The maximum atomic E-state index is 14.2. The second-order valence-electron chi connectivity index (χ2n) is 31.7. The summed E-state index contributed by atoms with van der Waals surface area (Å²) in [6, 6.07) is 6.63. The van der Waals surface area contributed by atoms with Crippen LogP contribution >= 0.6 is 0 Å². The number of aliphatic hydroxyl groups excluding tert-OH is 2. The average molecular weight is 1490 g/mol. The Bertz CT molecular complexity index is 2590. The highest BCUT2D eigenvalue weighted by Gasteiger charge is 2.41. The molecule has 4 saturated heterocycles. The summed E-state index contributed by atoms with van der Waals surface area (Å²) >= 11 is 0. The van der Waals surface area contributed by atoms with E-state index in [9.17, 15) is 32.6 Å². The normalized spacial score (nSPS) is 25.2. The number of cyclic esters (lactones) is 2. The van der Waals surface area contributed by atoms with Crippen molar-refractivity contribution in [3.63, 3.8) is 0 Å². The molecular formula is C85H145FO17S. The van der Waals surface area contributed by atoms with Crippen molar-refractivity contribution in [2.45, 2.75) is 445 Å². The Morgan fingerprint density at radius 3 is 1.12 bits per heavy atom. The van der Waals surface area contributed by atoms with E-state index < -0.39 is 28.4 Å². The number of rotatable bonds is 59. The van der Waals surface area contributed by atoms with Crippen LogP contribution in [0.2, 0.25) is 0 Å². The molecule has 0 aliphatic carbocycles. The van der Waals surface area contributed by atoms with Gasteiger partial charge in [0.2, 0.25) is 0 Å². The third kappa shape index (κ3) is 37.2. The quantitative estimate of drug-likeness (QED) is 0.0269. The van der Waals surface area contributed by atoms with Crippen molar-refractivity contribution in [3.8, 4) is 0 Å². The van der Waals surface area contributed by atoms with Gasteiger partial charge in [0.15, 0.2) is 0 Å². The molecule has 0 unspecified atom stereocenters. The Hall–Kier alpha value is -2.92. The van der Waals surface area contributed by atoms with Gasteiger partial charge in [-0.1, -0.05) is 211 Å². The summed E-state index contributed by atoms with van der Waals surface area (Å²) in [5.74, 6) is -0.765. The number of benzene rings is 1. The van der Waals surface area contributed by atoms with Crippen molar-refractivity contribution >= 4 is 22.1 Å². The molecule has 0 bridgehead atoms. The first-order chi connectivity index (χ1) is 50.4. The molecule has 17 nitrogen and oxygen atoms in total.